The second-order valence-electron chi connectivity index (χ2n) is 5.52. The molecule has 0 aliphatic heterocycles. The largest absolute Gasteiger partial charge is 0.282 e. The molecule has 0 bridgehead atoms. The SMILES string of the molecule is Cc1cc(C)c(S(=O)(=O)N=CCCc2ccccc2)c(C)c1. The lowest BCUT2D eigenvalue weighted by atomic mass is 10.1. The molecule has 22 heavy (non-hydrogen) atoms. The summed E-state index contributed by atoms with van der Waals surface area (Å²) < 4.78 is 28.6. The van der Waals surface area contributed by atoms with Crippen molar-refractivity contribution in [3.8, 4) is 0 Å². The number of rotatable bonds is 5. The third-order valence-corrected chi connectivity index (χ3v) is 5.07. The van der Waals surface area contributed by atoms with Gasteiger partial charge in [-0.1, -0.05) is 48.0 Å². The molecule has 0 aliphatic carbocycles. The minimum atomic E-state index is -3.62. The lowest BCUT2D eigenvalue weighted by Crippen LogP contribution is -2.04. The average molecular weight is 315 g/mol. The average Bonchev–Trinajstić information content (AvgIpc) is 2.43. The lowest BCUT2D eigenvalue weighted by Gasteiger charge is -2.08. The van der Waals surface area contributed by atoms with Gasteiger partial charge in [0, 0.05) is 6.21 Å². The Kier molecular flexibility index (Phi) is 5.14. The Bertz CT molecular complexity index is 755. The number of aryl methyl sites for hydroxylation is 4. The van der Waals surface area contributed by atoms with E-state index in [2.05, 4.69) is 4.40 Å². The molecule has 2 aromatic carbocycles. The van der Waals surface area contributed by atoms with Crippen LogP contribution in [-0.2, 0) is 16.4 Å². The van der Waals surface area contributed by atoms with Crippen molar-refractivity contribution in [2.24, 2.45) is 4.40 Å². The zero-order valence-corrected chi connectivity index (χ0v) is 14.0. The van der Waals surface area contributed by atoms with E-state index < -0.39 is 10.0 Å². The fourth-order valence-corrected chi connectivity index (χ4v) is 3.99. The van der Waals surface area contributed by atoms with Crippen molar-refractivity contribution in [1.82, 2.24) is 0 Å². The maximum Gasteiger partial charge on any atom is 0.282 e. The summed E-state index contributed by atoms with van der Waals surface area (Å²) in [7, 11) is -3.62. The summed E-state index contributed by atoms with van der Waals surface area (Å²) in [4.78, 5) is 0.328. The summed E-state index contributed by atoms with van der Waals surface area (Å²) >= 11 is 0. The number of hydrogen-bond donors (Lipinski definition) is 0. The monoisotopic (exact) mass is 315 g/mol. The van der Waals surface area contributed by atoms with Crippen LogP contribution in [0.5, 0.6) is 0 Å². The van der Waals surface area contributed by atoms with Crippen LogP contribution < -0.4 is 0 Å². The van der Waals surface area contributed by atoms with Crippen LogP contribution in [0.4, 0.5) is 0 Å². The molecule has 0 radical (unpaired) electrons. The van der Waals surface area contributed by atoms with Gasteiger partial charge in [-0.15, -0.1) is 0 Å². The van der Waals surface area contributed by atoms with E-state index in [1.807, 2.05) is 63.2 Å². The van der Waals surface area contributed by atoms with E-state index in [0.717, 1.165) is 23.1 Å². The Morgan fingerprint density at radius 1 is 1.00 bits per heavy atom. The van der Waals surface area contributed by atoms with Crippen molar-refractivity contribution in [3.05, 3.63) is 64.7 Å². The molecule has 3 nitrogen and oxygen atoms in total. The molecule has 0 atom stereocenters. The molecule has 0 saturated carbocycles. The molecule has 0 N–H and O–H groups in total. The van der Waals surface area contributed by atoms with E-state index in [9.17, 15) is 8.42 Å². The predicted molar refractivity (Wildman–Crippen MR) is 91.1 cm³/mol. The summed E-state index contributed by atoms with van der Waals surface area (Å²) in [5, 5.41) is 0. The first kappa shape index (κ1) is 16.4. The maximum absolute atomic E-state index is 12.4. The van der Waals surface area contributed by atoms with E-state index in [0.29, 0.717) is 11.3 Å². The molecular formula is C18H21NO2S. The topological polar surface area (TPSA) is 46.5 Å². The molecule has 0 heterocycles. The highest BCUT2D eigenvalue weighted by Gasteiger charge is 2.18. The molecule has 116 valence electrons. The van der Waals surface area contributed by atoms with Gasteiger partial charge in [-0.05, 0) is 50.3 Å². The summed E-state index contributed by atoms with van der Waals surface area (Å²) in [5.41, 5.74) is 3.73. The Hall–Kier alpha value is -1.94. The van der Waals surface area contributed by atoms with Gasteiger partial charge in [0.1, 0.15) is 0 Å². The molecule has 0 aliphatic rings. The molecule has 0 aromatic heterocycles. The van der Waals surface area contributed by atoms with Crippen molar-refractivity contribution in [1.29, 1.82) is 0 Å². The normalized spacial score (nSPS) is 12.0. The first-order valence-electron chi connectivity index (χ1n) is 7.31. The summed E-state index contributed by atoms with van der Waals surface area (Å²) in [5.74, 6) is 0. The van der Waals surface area contributed by atoms with Gasteiger partial charge in [0.15, 0.2) is 0 Å². The van der Waals surface area contributed by atoms with Gasteiger partial charge in [-0.3, -0.25) is 0 Å². The van der Waals surface area contributed by atoms with Gasteiger partial charge >= 0.3 is 0 Å². The molecule has 0 fully saturated rings. The van der Waals surface area contributed by atoms with Crippen LogP contribution in [0.25, 0.3) is 0 Å². The maximum atomic E-state index is 12.4. The van der Waals surface area contributed by atoms with Crippen LogP contribution in [0.3, 0.4) is 0 Å². The molecule has 2 rings (SSSR count). The van der Waals surface area contributed by atoms with E-state index >= 15 is 0 Å². The second-order valence-corrected chi connectivity index (χ2v) is 7.08. The van der Waals surface area contributed by atoms with E-state index in [-0.39, 0.29) is 0 Å². The van der Waals surface area contributed by atoms with Gasteiger partial charge in [-0.25, -0.2) is 0 Å². The number of sulfonamides is 1. The molecule has 0 amide bonds. The first-order chi connectivity index (χ1) is 10.4. The summed E-state index contributed by atoms with van der Waals surface area (Å²) in [6.07, 6.45) is 2.89. The molecular weight excluding hydrogens is 294 g/mol. The van der Waals surface area contributed by atoms with E-state index in [1.165, 1.54) is 11.8 Å². The summed E-state index contributed by atoms with van der Waals surface area (Å²) in [6, 6.07) is 13.7. The fraction of sp³-hybridized carbons (Fsp3) is 0.278. The second kappa shape index (κ2) is 6.88. The number of nitrogens with zero attached hydrogens (tertiary/aromatic N) is 1. The van der Waals surface area contributed by atoms with Gasteiger partial charge < -0.3 is 0 Å². The third kappa shape index (κ3) is 4.04. The molecule has 0 unspecified atom stereocenters. The van der Waals surface area contributed by atoms with Crippen LogP contribution >= 0.6 is 0 Å². The van der Waals surface area contributed by atoms with Crippen molar-refractivity contribution in [3.63, 3.8) is 0 Å². The van der Waals surface area contributed by atoms with E-state index in [1.54, 1.807) is 0 Å². The molecule has 0 spiro atoms. The Morgan fingerprint density at radius 2 is 1.59 bits per heavy atom. The van der Waals surface area contributed by atoms with Crippen LogP contribution in [0, 0.1) is 20.8 Å². The van der Waals surface area contributed by atoms with E-state index in [4.69, 9.17) is 0 Å². The molecule has 4 heteroatoms. The van der Waals surface area contributed by atoms with Crippen molar-refractivity contribution >= 4 is 16.2 Å². The predicted octanol–water partition coefficient (Wildman–Crippen LogP) is 4.00. The summed E-state index contributed by atoms with van der Waals surface area (Å²) in [6.45, 7) is 5.58. The number of hydrogen-bond acceptors (Lipinski definition) is 2. The van der Waals surface area contributed by atoms with Gasteiger partial charge in [0.25, 0.3) is 10.0 Å². The van der Waals surface area contributed by atoms with Crippen LogP contribution in [0.2, 0.25) is 0 Å². The molecule has 0 saturated heterocycles. The Labute approximate surface area is 132 Å². The van der Waals surface area contributed by atoms with Gasteiger partial charge in [0.05, 0.1) is 4.90 Å². The minimum absolute atomic E-state index is 0.328. The third-order valence-electron chi connectivity index (χ3n) is 3.48. The zero-order valence-electron chi connectivity index (χ0n) is 13.2. The quantitative estimate of drug-likeness (QED) is 0.783. The Balaban J connectivity index is 2.13. The van der Waals surface area contributed by atoms with Crippen LogP contribution in [0.1, 0.15) is 28.7 Å². The Morgan fingerprint density at radius 3 is 2.18 bits per heavy atom. The van der Waals surface area contributed by atoms with Gasteiger partial charge in [0.2, 0.25) is 0 Å². The van der Waals surface area contributed by atoms with Crippen molar-refractivity contribution in [2.75, 3.05) is 0 Å². The van der Waals surface area contributed by atoms with Crippen LogP contribution in [-0.4, -0.2) is 14.6 Å². The van der Waals surface area contributed by atoms with Gasteiger partial charge in [-0.2, -0.15) is 12.8 Å². The standard InChI is InChI=1S/C18H21NO2S/c1-14-12-15(2)18(16(3)13-14)22(20,21)19-11-7-10-17-8-5-4-6-9-17/h4-6,8-9,11-13H,7,10H2,1-3H3. The number of benzene rings is 2. The van der Waals surface area contributed by atoms with Crippen molar-refractivity contribution < 1.29 is 8.42 Å². The van der Waals surface area contributed by atoms with Crippen LogP contribution in [0.15, 0.2) is 51.8 Å². The van der Waals surface area contributed by atoms with Crippen molar-refractivity contribution in [2.45, 2.75) is 38.5 Å². The first-order valence-corrected chi connectivity index (χ1v) is 8.75. The molecule has 2 aromatic rings. The highest BCUT2D eigenvalue weighted by Crippen LogP contribution is 2.23. The lowest BCUT2D eigenvalue weighted by molar-refractivity contribution is 0.597. The zero-order chi connectivity index (χ0) is 16.2. The fourth-order valence-electron chi connectivity index (χ4n) is 2.65. The smallest absolute Gasteiger partial charge is 0.199 e. The minimum Gasteiger partial charge on any atom is -0.199 e. The highest BCUT2D eigenvalue weighted by molar-refractivity contribution is 7.90. The highest BCUT2D eigenvalue weighted by atomic mass is 32.2.